The number of hydrogen-bond donors (Lipinski definition) is 2. The third kappa shape index (κ3) is 3.10. The molecule has 0 saturated heterocycles. The van der Waals surface area contributed by atoms with Crippen molar-refractivity contribution in [3.05, 3.63) is 40.0 Å². The number of carbonyl (C=O) groups excluding carboxylic acids is 1. The minimum Gasteiger partial charge on any atom is -0.493 e. The molecule has 0 atom stereocenters. The van der Waals surface area contributed by atoms with Crippen LogP contribution in [0.4, 0.5) is 0 Å². The molecule has 9 heteroatoms. The summed E-state index contributed by atoms with van der Waals surface area (Å²) in [5.74, 6) is -0.909. The molecule has 1 aromatic carbocycles. The molecule has 1 heterocycles. The highest BCUT2D eigenvalue weighted by molar-refractivity contribution is 7.90. The van der Waals surface area contributed by atoms with E-state index in [1.165, 1.54) is 23.0 Å². The molecule has 0 aliphatic rings. The van der Waals surface area contributed by atoms with Gasteiger partial charge in [-0.3, -0.25) is 4.79 Å². The summed E-state index contributed by atoms with van der Waals surface area (Å²) in [4.78, 5) is 12.4. The molecule has 0 saturated carbocycles. The molecule has 2 aromatic rings. The number of aliphatic hydroxyl groups is 1. The Morgan fingerprint density at radius 1 is 1.35 bits per heavy atom. The van der Waals surface area contributed by atoms with Crippen molar-refractivity contribution in [1.29, 1.82) is 0 Å². The van der Waals surface area contributed by atoms with Crippen LogP contribution in [-0.2, 0) is 23.0 Å². The molecule has 23 heavy (non-hydrogen) atoms. The molecule has 0 spiro atoms. The molecule has 2 N–H and O–H groups in total. The first kappa shape index (κ1) is 17.5. The van der Waals surface area contributed by atoms with Gasteiger partial charge in [0.1, 0.15) is 5.56 Å². The van der Waals surface area contributed by atoms with E-state index in [-0.39, 0.29) is 32.5 Å². The van der Waals surface area contributed by atoms with E-state index in [4.69, 9.17) is 11.6 Å². The van der Waals surface area contributed by atoms with Gasteiger partial charge in [-0.2, -0.15) is 5.10 Å². The Labute approximate surface area is 138 Å². The first-order valence-corrected chi connectivity index (χ1v) is 8.91. The second kappa shape index (κ2) is 6.31. The van der Waals surface area contributed by atoms with Crippen molar-refractivity contribution in [1.82, 2.24) is 9.78 Å². The highest BCUT2D eigenvalue weighted by Gasteiger charge is 2.24. The quantitative estimate of drug-likeness (QED) is 0.781. The normalized spacial score (nSPS) is 11.7. The van der Waals surface area contributed by atoms with Gasteiger partial charge >= 0.3 is 0 Å². The number of hydrogen-bond acceptors (Lipinski definition) is 6. The van der Waals surface area contributed by atoms with Gasteiger partial charge in [-0.05, 0) is 19.1 Å². The number of aromatic nitrogens is 2. The minimum absolute atomic E-state index is 0.0194. The number of aliphatic hydroxyl groups excluding tert-OH is 1. The fourth-order valence-corrected chi connectivity index (χ4v) is 3.48. The predicted octanol–water partition coefficient (Wildman–Crippen LogP) is 1.39. The van der Waals surface area contributed by atoms with Gasteiger partial charge < -0.3 is 10.2 Å². The lowest BCUT2D eigenvalue weighted by Gasteiger charge is -2.11. The average molecular weight is 359 g/mol. The van der Waals surface area contributed by atoms with E-state index < -0.39 is 22.2 Å². The molecule has 7 nitrogen and oxygen atoms in total. The number of ketones is 1. The Morgan fingerprint density at radius 2 is 2.00 bits per heavy atom. The third-order valence-corrected chi connectivity index (χ3v) is 4.97. The molecular formula is C14H15ClN2O5S. The summed E-state index contributed by atoms with van der Waals surface area (Å²) < 4.78 is 24.6. The smallest absolute Gasteiger partial charge is 0.220 e. The van der Waals surface area contributed by atoms with E-state index >= 15 is 0 Å². The lowest BCUT2D eigenvalue weighted by atomic mass is 10.0. The molecule has 0 amide bonds. The molecule has 0 aliphatic carbocycles. The maximum atomic E-state index is 12.5. The molecule has 0 aliphatic heterocycles. The monoisotopic (exact) mass is 358 g/mol. The van der Waals surface area contributed by atoms with Crippen molar-refractivity contribution in [3.63, 3.8) is 0 Å². The summed E-state index contributed by atoms with van der Waals surface area (Å²) in [7, 11) is -3.60. The number of halogens is 1. The summed E-state index contributed by atoms with van der Waals surface area (Å²) in [6.45, 7) is 1.49. The van der Waals surface area contributed by atoms with Crippen molar-refractivity contribution in [2.75, 3.05) is 6.26 Å². The zero-order chi connectivity index (χ0) is 17.4. The summed E-state index contributed by atoms with van der Waals surface area (Å²) >= 11 is 6.10. The number of aromatic hydroxyl groups is 1. The van der Waals surface area contributed by atoms with Crippen LogP contribution in [0.3, 0.4) is 0 Å². The summed E-state index contributed by atoms with van der Waals surface area (Å²) in [6, 6.07) is 2.46. The highest BCUT2D eigenvalue weighted by atomic mass is 35.5. The van der Waals surface area contributed by atoms with E-state index in [1.54, 1.807) is 6.92 Å². The van der Waals surface area contributed by atoms with E-state index in [0.717, 1.165) is 6.26 Å². The van der Waals surface area contributed by atoms with E-state index in [0.29, 0.717) is 6.54 Å². The standard InChI is InChI=1S/C14H15ClN2O5S/c1-3-17-14(20)9(6-16-17)13(19)8-4-5-11(23(2,21)22)10(7-18)12(8)15/h4-6,18,20H,3,7H2,1-2H3. The average Bonchev–Trinajstić information content (AvgIpc) is 2.86. The number of nitrogens with zero attached hydrogens (tertiary/aromatic N) is 2. The fraction of sp³-hybridized carbons (Fsp3) is 0.286. The Kier molecular flexibility index (Phi) is 4.79. The number of carbonyl (C=O) groups is 1. The number of benzene rings is 1. The van der Waals surface area contributed by atoms with Crippen LogP contribution < -0.4 is 0 Å². The first-order chi connectivity index (χ1) is 10.7. The second-order valence-corrected chi connectivity index (χ2v) is 7.22. The second-order valence-electron chi connectivity index (χ2n) is 4.86. The number of rotatable bonds is 5. The lowest BCUT2D eigenvalue weighted by molar-refractivity contribution is 0.103. The number of aryl methyl sites for hydroxylation is 1. The van der Waals surface area contributed by atoms with E-state index in [2.05, 4.69) is 5.10 Å². The van der Waals surface area contributed by atoms with Crippen molar-refractivity contribution < 1.29 is 23.4 Å². The molecular weight excluding hydrogens is 344 g/mol. The van der Waals surface area contributed by atoms with Crippen LogP contribution in [0.2, 0.25) is 5.02 Å². The van der Waals surface area contributed by atoms with Gasteiger partial charge in [0.15, 0.2) is 9.84 Å². The van der Waals surface area contributed by atoms with Crippen molar-refractivity contribution in [3.8, 4) is 5.88 Å². The van der Waals surface area contributed by atoms with Gasteiger partial charge in [0.2, 0.25) is 11.7 Å². The topological polar surface area (TPSA) is 109 Å². The van der Waals surface area contributed by atoms with Gasteiger partial charge in [0.25, 0.3) is 0 Å². The largest absolute Gasteiger partial charge is 0.493 e. The molecule has 2 rings (SSSR count). The van der Waals surface area contributed by atoms with Crippen molar-refractivity contribution in [2.45, 2.75) is 25.0 Å². The molecule has 0 unspecified atom stereocenters. The van der Waals surface area contributed by atoms with Crippen LogP contribution in [0.5, 0.6) is 5.88 Å². The van der Waals surface area contributed by atoms with Crippen LogP contribution in [-0.4, -0.2) is 40.5 Å². The molecule has 0 fully saturated rings. The highest BCUT2D eigenvalue weighted by Crippen LogP contribution is 2.31. The molecule has 124 valence electrons. The van der Waals surface area contributed by atoms with Crippen LogP contribution in [0, 0.1) is 0 Å². The van der Waals surface area contributed by atoms with E-state index in [1.807, 2.05) is 0 Å². The summed E-state index contributed by atoms with van der Waals surface area (Å²) in [5, 5.41) is 23.1. The Hall–Kier alpha value is -1.90. The summed E-state index contributed by atoms with van der Waals surface area (Å²) in [5.41, 5.74) is -0.124. The van der Waals surface area contributed by atoms with Gasteiger partial charge in [0, 0.05) is 23.9 Å². The maximum Gasteiger partial charge on any atom is 0.220 e. The zero-order valence-electron chi connectivity index (χ0n) is 12.4. The van der Waals surface area contributed by atoms with Crippen molar-refractivity contribution in [2.24, 2.45) is 0 Å². The van der Waals surface area contributed by atoms with Crippen LogP contribution in [0.25, 0.3) is 0 Å². The fourth-order valence-electron chi connectivity index (χ4n) is 2.19. The zero-order valence-corrected chi connectivity index (χ0v) is 14.0. The Morgan fingerprint density at radius 3 is 2.48 bits per heavy atom. The van der Waals surface area contributed by atoms with Gasteiger partial charge in [-0.25, -0.2) is 13.1 Å². The van der Waals surface area contributed by atoms with Gasteiger partial charge in [-0.1, -0.05) is 11.6 Å². The van der Waals surface area contributed by atoms with E-state index in [9.17, 15) is 23.4 Å². The minimum atomic E-state index is -3.60. The van der Waals surface area contributed by atoms with Gasteiger partial charge in [0.05, 0.1) is 22.7 Å². The molecule has 0 bridgehead atoms. The number of sulfone groups is 1. The first-order valence-electron chi connectivity index (χ1n) is 6.64. The Balaban J connectivity index is 2.60. The maximum absolute atomic E-state index is 12.5. The van der Waals surface area contributed by atoms with Crippen molar-refractivity contribution >= 4 is 27.2 Å². The van der Waals surface area contributed by atoms with Crippen LogP contribution >= 0.6 is 11.6 Å². The predicted molar refractivity (Wildman–Crippen MR) is 83.5 cm³/mol. The van der Waals surface area contributed by atoms with Crippen LogP contribution in [0.1, 0.15) is 28.4 Å². The SMILES string of the molecule is CCn1ncc(C(=O)c2ccc(S(C)(=O)=O)c(CO)c2Cl)c1O. The Bertz CT molecular complexity index is 874. The molecule has 1 aromatic heterocycles. The van der Waals surface area contributed by atoms with Crippen LogP contribution in [0.15, 0.2) is 23.2 Å². The molecule has 0 radical (unpaired) electrons. The summed E-state index contributed by atoms with van der Waals surface area (Å²) in [6.07, 6.45) is 2.19. The third-order valence-electron chi connectivity index (χ3n) is 3.36. The lowest BCUT2D eigenvalue weighted by Crippen LogP contribution is -2.09. The van der Waals surface area contributed by atoms with Gasteiger partial charge in [-0.15, -0.1) is 0 Å².